The summed E-state index contributed by atoms with van der Waals surface area (Å²) in [6, 6.07) is 0.640. The summed E-state index contributed by atoms with van der Waals surface area (Å²) in [6.45, 7) is 0.731. The van der Waals surface area contributed by atoms with Crippen molar-refractivity contribution in [1.29, 1.82) is 0 Å². The zero-order valence-corrected chi connectivity index (χ0v) is 8.61. The van der Waals surface area contributed by atoms with Gasteiger partial charge in [-0.05, 0) is 25.7 Å². The van der Waals surface area contributed by atoms with Crippen LogP contribution in [-0.2, 0) is 9.53 Å². The first-order valence-electron chi connectivity index (χ1n) is 5.32. The molecule has 0 aromatic rings. The Balaban J connectivity index is 1.84. The number of nitrogens with zero attached hydrogens (tertiary/aromatic N) is 1. The molecule has 1 aliphatic carbocycles. The largest absolute Gasteiger partial charge is 0.368 e. The molecule has 4 heteroatoms. The summed E-state index contributed by atoms with van der Waals surface area (Å²) in [5.74, 6) is 0.138. The second kappa shape index (κ2) is 3.87. The summed E-state index contributed by atoms with van der Waals surface area (Å²) in [4.78, 5) is 13.7. The normalized spacial score (nSPS) is 36.6. The molecule has 0 spiro atoms. The number of ether oxygens (including phenoxy) is 1. The van der Waals surface area contributed by atoms with E-state index in [1.807, 2.05) is 11.9 Å². The lowest BCUT2D eigenvalue weighted by molar-refractivity contribution is -0.143. The average Bonchev–Trinajstić information content (AvgIpc) is 2.63. The third kappa shape index (κ3) is 1.77. The zero-order valence-electron chi connectivity index (χ0n) is 8.61. The Morgan fingerprint density at radius 2 is 2.21 bits per heavy atom. The monoisotopic (exact) mass is 198 g/mol. The van der Waals surface area contributed by atoms with Crippen LogP contribution >= 0.6 is 0 Å². The minimum Gasteiger partial charge on any atom is -0.368 e. The fraction of sp³-hybridized carbons (Fsp3) is 0.900. The van der Waals surface area contributed by atoms with Gasteiger partial charge in [-0.25, -0.2) is 0 Å². The predicted octanol–water partition coefficient (Wildman–Crippen LogP) is 0.113. The number of nitrogens with two attached hydrogens (primary N) is 1. The molecule has 2 aliphatic rings. The summed E-state index contributed by atoms with van der Waals surface area (Å²) < 4.78 is 5.36. The molecule has 0 unspecified atom stereocenters. The molecule has 4 nitrogen and oxygen atoms in total. The van der Waals surface area contributed by atoms with Crippen LogP contribution in [0.15, 0.2) is 0 Å². The molecule has 1 amide bonds. The molecule has 2 N–H and O–H groups in total. The van der Waals surface area contributed by atoms with Gasteiger partial charge in [0.1, 0.15) is 6.10 Å². The summed E-state index contributed by atoms with van der Waals surface area (Å²) in [5, 5.41) is 0. The van der Waals surface area contributed by atoms with Gasteiger partial charge >= 0.3 is 0 Å². The smallest absolute Gasteiger partial charge is 0.251 e. The van der Waals surface area contributed by atoms with Crippen molar-refractivity contribution in [3.8, 4) is 0 Å². The molecular weight excluding hydrogens is 180 g/mol. The van der Waals surface area contributed by atoms with Crippen molar-refractivity contribution in [3.05, 3.63) is 0 Å². The molecule has 1 aliphatic heterocycles. The van der Waals surface area contributed by atoms with Gasteiger partial charge < -0.3 is 15.4 Å². The lowest BCUT2D eigenvalue weighted by Gasteiger charge is -2.40. The van der Waals surface area contributed by atoms with Gasteiger partial charge in [0, 0.05) is 25.7 Å². The predicted molar refractivity (Wildman–Crippen MR) is 52.7 cm³/mol. The van der Waals surface area contributed by atoms with E-state index in [1.165, 1.54) is 0 Å². The Hall–Kier alpha value is -0.610. The molecule has 2 fully saturated rings. The Morgan fingerprint density at radius 1 is 1.50 bits per heavy atom. The topological polar surface area (TPSA) is 55.6 Å². The standard InChI is InChI=1S/C10H18N2O2/c1-12(8-5-7(11)6-8)10(13)9-3-2-4-14-9/h7-9H,2-6,11H2,1H3/t7?,8?,9-/m0/s1. The molecule has 0 radical (unpaired) electrons. The van der Waals surface area contributed by atoms with Crippen molar-refractivity contribution in [2.75, 3.05) is 13.7 Å². The second-order valence-corrected chi connectivity index (χ2v) is 4.34. The highest BCUT2D eigenvalue weighted by Crippen LogP contribution is 2.25. The van der Waals surface area contributed by atoms with Gasteiger partial charge in [-0.15, -0.1) is 0 Å². The van der Waals surface area contributed by atoms with Crippen molar-refractivity contribution in [3.63, 3.8) is 0 Å². The highest BCUT2D eigenvalue weighted by atomic mass is 16.5. The van der Waals surface area contributed by atoms with Gasteiger partial charge in [0.05, 0.1) is 0 Å². The van der Waals surface area contributed by atoms with Gasteiger partial charge in [-0.1, -0.05) is 0 Å². The molecule has 0 aromatic carbocycles. The molecule has 1 atom stereocenters. The zero-order chi connectivity index (χ0) is 10.1. The van der Waals surface area contributed by atoms with Crippen molar-refractivity contribution < 1.29 is 9.53 Å². The van der Waals surface area contributed by atoms with E-state index in [2.05, 4.69) is 0 Å². The minimum atomic E-state index is -0.183. The highest BCUT2D eigenvalue weighted by Gasteiger charge is 2.35. The van der Waals surface area contributed by atoms with Crippen molar-refractivity contribution in [2.45, 2.75) is 43.9 Å². The van der Waals surface area contributed by atoms with E-state index < -0.39 is 0 Å². The molecule has 0 bridgehead atoms. The quantitative estimate of drug-likeness (QED) is 0.685. The Kier molecular flexibility index (Phi) is 2.74. The molecule has 1 saturated carbocycles. The van der Waals surface area contributed by atoms with Crippen molar-refractivity contribution in [2.24, 2.45) is 5.73 Å². The first-order valence-corrected chi connectivity index (χ1v) is 5.32. The number of hydrogen-bond donors (Lipinski definition) is 1. The van der Waals surface area contributed by atoms with Crippen molar-refractivity contribution >= 4 is 5.91 Å². The van der Waals surface area contributed by atoms with E-state index >= 15 is 0 Å². The van der Waals surface area contributed by atoms with E-state index in [1.54, 1.807) is 0 Å². The molecule has 80 valence electrons. The van der Waals surface area contributed by atoms with Crippen LogP contribution < -0.4 is 5.73 Å². The molecular formula is C10H18N2O2. The van der Waals surface area contributed by atoms with Crippen LogP contribution in [0.3, 0.4) is 0 Å². The molecule has 0 aromatic heterocycles. The van der Waals surface area contributed by atoms with E-state index in [0.29, 0.717) is 12.1 Å². The van der Waals surface area contributed by atoms with Gasteiger partial charge in [-0.2, -0.15) is 0 Å². The summed E-state index contributed by atoms with van der Waals surface area (Å²) in [6.07, 6.45) is 3.58. The Labute approximate surface area is 84.4 Å². The molecule has 1 heterocycles. The number of rotatable bonds is 2. The van der Waals surface area contributed by atoms with Gasteiger partial charge in [0.25, 0.3) is 5.91 Å². The summed E-state index contributed by atoms with van der Waals surface area (Å²) >= 11 is 0. The number of carbonyl (C=O) groups excluding carboxylic acids is 1. The van der Waals surface area contributed by atoms with Gasteiger partial charge in [-0.3, -0.25) is 4.79 Å². The fourth-order valence-electron chi connectivity index (χ4n) is 2.13. The molecule has 2 rings (SSSR count). The maximum atomic E-state index is 11.8. The molecule has 14 heavy (non-hydrogen) atoms. The van der Waals surface area contributed by atoms with Crippen LogP contribution in [0.25, 0.3) is 0 Å². The Bertz CT molecular complexity index is 220. The van der Waals surface area contributed by atoms with E-state index in [4.69, 9.17) is 10.5 Å². The van der Waals surface area contributed by atoms with Crippen LogP contribution in [0.1, 0.15) is 25.7 Å². The first-order chi connectivity index (χ1) is 6.68. The maximum Gasteiger partial charge on any atom is 0.251 e. The van der Waals surface area contributed by atoms with Crippen LogP contribution in [-0.4, -0.2) is 42.6 Å². The number of likely N-dealkylation sites (N-methyl/N-ethyl adjacent to an activating group) is 1. The number of amides is 1. The van der Waals surface area contributed by atoms with Crippen LogP contribution in [0.4, 0.5) is 0 Å². The third-order valence-corrected chi connectivity index (χ3v) is 3.25. The fourth-order valence-corrected chi connectivity index (χ4v) is 2.13. The lowest BCUT2D eigenvalue weighted by Crippen LogP contribution is -2.53. The SMILES string of the molecule is CN(C(=O)[C@@H]1CCCO1)C1CC(N)C1. The number of carbonyl (C=O) groups is 1. The van der Waals surface area contributed by atoms with E-state index in [-0.39, 0.29) is 12.0 Å². The maximum absolute atomic E-state index is 11.8. The van der Waals surface area contributed by atoms with Crippen LogP contribution in [0.5, 0.6) is 0 Å². The highest BCUT2D eigenvalue weighted by molar-refractivity contribution is 5.81. The van der Waals surface area contributed by atoms with Crippen LogP contribution in [0.2, 0.25) is 0 Å². The lowest BCUT2D eigenvalue weighted by atomic mass is 9.86. The van der Waals surface area contributed by atoms with Gasteiger partial charge in [0.2, 0.25) is 0 Å². The van der Waals surface area contributed by atoms with Gasteiger partial charge in [0.15, 0.2) is 0 Å². The van der Waals surface area contributed by atoms with Crippen LogP contribution in [0, 0.1) is 0 Å². The minimum absolute atomic E-state index is 0.138. The molecule has 1 saturated heterocycles. The Morgan fingerprint density at radius 3 is 2.71 bits per heavy atom. The summed E-state index contributed by atoms with van der Waals surface area (Å²) in [7, 11) is 1.86. The first kappa shape index (κ1) is 9.93. The number of hydrogen-bond acceptors (Lipinski definition) is 3. The van der Waals surface area contributed by atoms with Crippen molar-refractivity contribution in [1.82, 2.24) is 4.90 Å². The van der Waals surface area contributed by atoms with E-state index in [9.17, 15) is 4.79 Å². The third-order valence-electron chi connectivity index (χ3n) is 3.25. The summed E-state index contributed by atoms with van der Waals surface area (Å²) in [5.41, 5.74) is 5.69. The van der Waals surface area contributed by atoms with E-state index in [0.717, 1.165) is 32.3 Å². The average molecular weight is 198 g/mol. The second-order valence-electron chi connectivity index (χ2n) is 4.34.